The van der Waals surface area contributed by atoms with E-state index in [4.69, 9.17) is 9.72 Å². The van der Waals surface area contributed by atoms with Gasteiger partial charge in [0.25, 0.3) is 6.33 Å². The Balaban J connectivity index is 1.11. The second-order valence-corrected chi connectivity index (χ2v) is 21.5. The Morgan fingerprint density at radius 2 is 1.19 bits per heavy atom. The summed E-state index contributed by atoms with van der Waals surface area (Å²) in [5, 5.41) is 2.34. The number of aromatic nitrogens is 4. The molecule has 3 aromatic heterocycles. The summed E-state index contributed by atoms with van der Waals surface area (Å²) in [5.41, 5.74) is 16.1. The number of rotatable bonds is 8. The normalized spacial score (nSPS) is 12.4. The zero-order valence-corrected chi connectivity index (χ0v) is 40.6. The third-order valence-electron chi connectivity index (χ3n) is 12.9. The van der Waals surface area contributed by atoms with E-state index >= 15 is 0 Å². The van der Waals surface area contributed by atoms with Crippen LogP contribution in [-0.4, -0.2) is 14.1 Å². The third kappa shape index (κ3) is 8.44. The Morgan fingerprint density at radius 1 is 0.552 bits per heavy atom. The lowest BCUT2D eigenvalue weighted by Crippen LogP contribution is -2.32. The van der Waals surface area contributed by atoms with Crippen LogP contribution in [0.2, 0.25) is 0 Å². The number of benzene rings is 7. The molecule has 5 heteroatoms. The van der Waals surface area contributed by atoms with E-state index in [1.807, 2.05) is 12.3 Å². The Morgan fingerprint density at radius 3 is 1.93 bits per heavy atom. The van der Waals surface area contributed by atoms with Crippen molar-refractivity contribution in [1.82, 2.24) is 14.1 Å². The van der Waals surface area contributed by atoms with Crippen molar-refractivity contribution in [2.24, 2.45) is 5.41 Å². The zero-order chi connectivity index (χ0) is 46.8. The molecule has 0 fully saturated rings. The minimum atomic E-state index is -0.0363. The van der Waals surface area contributed by atoms with Crippen LogP contribution in [0.3, 0.4) is 0 Å². The number of hydrogen-bond acceptors (Lipinski definition) is 2. The lowest BCUT2D eigenvalue weighted by Gasteiger charge is -2.27. The maximum atomic E-state index is 6.82. The van der Waals surface area contributed by atoms with E-state index in [9.17, 15) is 0 Å². The molecule has 334 valence electrons. The molecule has 7 aromatic carbocycles. The second kappa shape index (κ2) is 16.6. The summed E-state index contributed by atoms with van der Waals surface area (Å²) in [4.78, 5) is 4.91. The van der Waals surface area contributed by atoms with Crippen molar-refractivity contribution in [1.29, 1.82) is 0 Å². The van der Waals surface area contributed by atoms with Crippen molar-refractivity contribution < 1.29 is 9.30 Å². The average Bonchev–Trinajstić information content (AvgIpc) is 3.85. The molecular formula is C62H60N4O. The van der Waals surface area contributed by atoms with Crippen LogP contribution in [0.5, 0.6) is 11.5 Å². The molecule has 0 amide bonds. The maximum Gasteiger partial charge on any atom is 0.269 e. The molecule has 67 heavy (non-hydrogen) atoms. The van der Waals surface area contributed by atoms with Gasteiger partial charge in [-0.3, -0.25) is 13.7 Å². The molecule has 0 saturated carbocycles. The van der Waals surface area contributed by atoms with Gasteiger partial charge in [0, 0.05) is 23.0 Å². The highest BCUT2D eigenvalue weighted by atomic mass is 16.5. The van der Waals surface area contributed by atoms with E-state index in [1.165, 1.54) is 27.6 Å². The van der Waals surface area contributed by atoms with E-state index in [2.05, 4.69) is 247 Å². The molecule has 10 rings (SSSR count). The van der Waals surface area contributed by atoms with E-state index in [0.717, 1.165) is 84.8 Å². The summed E-state index contributed by atoms with van der Waals surface area (Å²) in [5.74, 6) is 2.39. The molecule has 0 aliphatic heterocycles. The van der Waals surface area contributed by atoms with Crippen molar-refractivity contribution >= 4 is 32.8 Å². The molecule has 0 saturated heterocycles. The highest BCUT2D eigenvalue weighted by Gasteiger charge is 2.25. The maximum absolute atomic E-state index is 6.82. The van der Waals surface area contributed by atoms with Gasteiger partial charge in [0.05, 0.1) is 33.4 Å². The minimum Gasteiger partial charge on any atom is -0.458 e. The van der Waals surface area contributed by atoms with Crippen LogP contribution in [0.4, 0.5) is 0 Å². The summed E-state index contributed by atoms with van der Waals surface area (Å²) >= 11 is 0. The number of imidazole rings is 1. The second-order valence-electron chi connectivity index (χ2n) is 21.5. The zero-order valence-electron chi connectivity index (χ0n) is 40.6. The smallest absolute Gasteiger partial charge is 0.269 e. The molecule has 0 N–H and O–H groups in total. The summed E-state index contributed by atoms with van der Waals surface area (Å²) in [6.45, 7) is 22.9. The number of aryl methyl sites for hydroxylation is 1. The molecule has 0 aliphatic carbocycles. The fourth-order valence-electron chi connectivity index (χ4n) is 9.58. The van der Waals surface area contributed by atoms with E-state index in [0.29, 0.717) is 0 Å². The Kier molecular flexibility index (Phi) is 10.8. The summed E-state index contributed by atoms with van der Waals surface area (Å²) in [6, 6.07) is 58.9. The van der Waals surface area contributed by atoms with Crippen LogP contribution in [0.1, 0.15) is 84.6 Å². The fourth-order valence-corrected chi connectivity index (χ4v) is 9.58. The molecule has 0 radical (unpaired) electrons. The predicted molar refractivity (Wildman–Crippen MR) is 278 cm³/mol. The van der Waals surface area contributed by atoms with Gasteiger partial charge in [-0.1, -0.05) is 172 Å². The fraction of sp³-hybridized carbons (Fsp3) is 0.226. The molecule has 0 aliphatic rings. The standard InChI is InChI=1S/C62H60N4O/c1-41-19-16-28-55-58(41)65(59-50(43-20-12-11-13-21-43)25-18-26-51(59)44-34-45(61(5,6)7)36-46(35-44)62(8,9)10)40-64(55)47-22-17-23-48(37-47)67-49-29-30-53-52-24-14-15-27-54(52)66(56(53)38-49)57-33-42(31-32-63-57)39-60(2,3)4/h11-38H,39H2,1-10H3. The van der Waals surface area contributed by atoms with Crippen LogP contribution in [0.15, 0.2) is 170 Å². The summed E-state index contributed by atoms with van der Waals surface area (Å²) < 4.78 is 13.6. The molecule has 5 nitrogen and oxygen atoms in total. The first-order chi connectivity index (χ1) is 32.0. The van der Waals surface area contributed by atoms with Crippen molar-refractivity contribution in [2.45, 2.75) is 86.5 Å². The van der Waals surface area contributed by atoms with Crippen molar-refractivity contribution in [3.63, 3.8) is 0 Å². The van der Waals surface area contributed by atoms with Gasteiger partial charge in [0.15, 0.2) is 0 Å². The Bertz CT molecular complexity index is 3440. The van der Waals surface area contributed by atoms with Gasteiger partial charge in [0.2, 0.25) is 0 Å². The molecule has 10 aromatic rings. The van der Waals surface area contributed by atoms with Gasteiger partial charge in [-0.15, -0.1) is 0 Å². The average molecular weight is 877 g/mol. The van der Waals surface area contributed by atoms with Gasteiger partial charge < -0.3 is 4.74 Å². The van der Waals surface area contributed by atoms with Crippen molar-refractivity contribution in [3.8, 4) is 50.9 Å². The quantitative estimate of drug-likeness (QED) is 0.113. The van der Waals surface area contributed by atoms with Gasteiger partial charge in [-0.2, -0.15) is 0 Å². The van der Waals surface area contributed by atoms with Gasteiger partial charge in [-0.25, -0.2) is 4.98 Å². The highest BCUT2D eigenvalue weighted by molar-refractivity contribution is 6.09. The third-order valence-corrected chi connectivity index (χ3v) is 12.9. The predicted octanol–water partition coefficient (Wildman–Crippen LogP) is 15.8. The molecule has 3 heterocycles. The first kappa shape index (κ1) is 43.6. The number of para-hydroxylation sites is 3. The van der Waals surface area contributed by atoms with Crippen molar-refractivity contribution in [3.05, 3.63) is 199 Å². The SMILES string of the molecule is Cc1cccc2c1[n+](-c1c(-c3ccccc3)cccc1-c1cc(C(C)(C)C)cc(C(C)(C)C)c1)[c-]n2-c1cccc(Oc2ccc3c4ccccc4n(-c4cc(CC(C)(C)C)ccn4)c3c2)c1. The van der Waals surface area contributed by atoms with Crippen LogP contribution >= 0.6 is 0 Å². The highest BCUT2D eigenvalue weighted by Crippen LogP contribution is 2.40. The Hall–Kier alpha value is -7.24. The van der Waals surface area contributed by atoms with Crippen LogP contribution in [0, 0.1) is 18.7 Å². The number of hydrogen-bond donors (Lipinski definition) is 0. The number of fused-ring (bicyclic) bond motifs is 4. The van der Waals surface area contributed by atoms with Crippen LogP contribution < -0.4 is 9.30 Å². The minimum absolute atomic E-state index is 0.0363. The first-order valence-electron chi connectivity index (χ1n) is 23.6. The molecule has 0 unspecified atom stereocenters. The molecule has 0 spiro atoms. The van der Waals surface area contributed by atoms with E-state index in [1.54, 1.807) is 0 Å². The molecule has 0 bridgehead atoms. The van der Waals surface area contributed by atoms with Gasteiger partial charge in [-0.05, 0) is 123 Å². The van der Waals surface area contributed by atoms with Gasteiger partial charge in [0.1, 0.15) is 17.3 Å². The summed E-state index contributed by atoms with van der Waals surface area (Å²) in [6.07, 6.45) is 6.81. The number of pyridine rings is 1. The molecule has 0 atom stereocenters. The Labute approximate surface area is 396 Å². The largest absolute Gasteiger partial charge is 0.458 e. The topological polar surface area (TPSA) is 35.9 Å². The molecular weight excluding hydrogens is 817 g/mol. The number of ether oxygens (including phenoxy) is 1. The van der Waals surface area contributed by atoms with E-state index < -0.39 is 0 Å². The van der Waals surface area contributed by atoms with Crippen LogP contribution in [0.25, 0.3) is 72.3 Å². The van der Waals surface area contributed by atoms with Gasteiger partial charge >= 0.3 is 0 Å². The van der Waals surface area contributed by atoms with Crippen molar-refractivity contribution in [2.75, 3.05) is 0 Å². The number of nitrogens with zero attached hydrogens (tertiary/aromatic N) is 4. The first-order valence-corrected chi connectivity index (χ1v) is 23.6. The lowest BCUT2D eigenvalue weighted by atomic mass is 9.78. The monoisotopic (exact) mass is 876 g/mol. The lowest BCUT2D eigenvalue weighted by molar-refractivity contribution is -0.571. The van der Waals surface area contributed by atoms with Crippen LogP contribution in [-0.2, 0) is 17.3 Å². The summed E-state index contributed by atoms with van der Waals surface area (Å²) in [7, 11) is 0. The van der Waals surface area contributed by atoms with E-state index in [-0.39, 0.29) is 16.2 Å².